The maximum atomic E-state index is 12.3. The molecule has 0 aliphatic heterocycles. The number of aromatic nitrogens is 2. The van der Waals surface area contributed by atoms with Gasteiger partial charge in [0.15, 0.2) is 0 Å². The Kier molecular flexibility index (Phi) is 8.26. The summed E-state index contributed by atoms with van der Waals surface area (Å²) in [6, 6.07) is 13.8. The molecule has 2 amide bonds. The van der Waals surface area contributed by atoms with Crippen LogP contribution in [0, 0.1) is 13.8 Å². The molecule has 0 fully saturated rings. The first-order chi connectivity index (χ1) is 15.7. The molecule has 3 rings (SSSR count). The van der Waals surface area contributed by atoms with E-state index in [9.17, 15) is 18.0 Å². The van der Waals surface area contributed by atoms with Gasteiger partial charge in [-0.2, -0.15) is 0 Å². The molecule has 9 nitrogen and oxygen atoms in total. The molecule has 0 atom stereocenters. The summed E-state index contributed by atoms with van der Waals surface area (Å²) in [5.74, 6) is -0.542. The molecule has 0 bridgehead atoms. The Bertz CT molecular complexity index is 1220. The highest BCUT2D eigenvalue weighted by Gasteiger charge is 2.14. The second kappa shape index (κ2) is 11.1. The third-order valence-corrected chi connectivity index (χ3v) is 6.97. The Hall–Kier alpha value is -3.15. The molecule has 0 spiro atoms. The average Bonchev–Trinajstić information content (AvgIpc) is 3.20. The van der Waals surface area contributed by atoms with Crippen molar-refractivity contribution in [3.05, 3.63) is 70.2 Å². The fourth-order valence-electron chi connectivity index (χ4n) is 2.86. The van der Waals surface area contributed by atoms with E-state index in [4.69, 9.17) is 0 Å². The molecule has 2 aromatic carbocycles. The highest BCUT2D eigenvalue weighted by atomic mass is 32.2. The molecule has 3 N–H and O–H groups in total. The first-order valence-corrected chi connectivity index (χ1v) is 12.6. The van der Waals surface area contributed by atoms with Crippen molar-refractivity contribution in [1.29, 1.82) is 0 Å². The quantitative estimate of drug-likeness (QED) is 0.403. The number of rotatable bonds is 10. The van der Waals surface area contributed by atoms with Gasteiger partial charge in [0.05, 0.1) is 4.90 Å². The van der Waals surface area contributed by atoms with Gasteiger partial charge in [0, 0.05) is 31.5 Å². The third-order valence-electron chi connectivity index (χ3n) is 4.59. The molecular weight excluding hydrogens is 462 g/mol. The van der Waals surface area contributed by atoms with Gasteiger partial charge < -0.3 is 10.6 Å². The Morgan fingerprint density at radius 2 is 1.73 bits per heavy atom. The van der Waals surface area contributed by atoms with E-state index in [1.807, 2.05) is 19.9 Å². The molecule has 0 aliphatic rings. The van der Waals surface area contributed by atoms with Crippen molar-refractivity contribution in [2.24, 2.45) is 0 Å². The fraction of sp³-hybridized carbons (Fsp3) is 0.273. The van der Waals surface area contributed by atoms with Crippen molar-refractivity contribution in [1.82, 2.24) is 20.2 Å². The van der Waals surface area contributed by atoms with Crippen molar-refractivity contribution in [3.63, 3.8) is 0 Å². The highest BCUT2D eigenvalue weighted by molar-refractivity contribution is 7.89. The molecule has 174 valence electrons. The molecule has 0 saturated heterocycles. The lowest BCUT2D eigenvalue weighted by atomic mass is 10.1. The van der Waals surface area contributed by atoms with Crippen LogP contribution < -0.4 is 15.4 Å². The molecule has 0 radical (unpaired) electrons. The van der Waals surface area contributed by atoms with Crippen molar-refractivity contribution >= 4 is 38.3 Å². The molecule has 1 heterocycles. The predicted octanol–water partition coefficient (Wildman–Crippen LogP) is 2.43. The monoisotopic (exact) mass is 487 g/mol. The van der Waals surface area contributed by atoms with Gasteiger partial charge in [-0.1, -0.05) is 46.7 Å². The number of anilines is 1. The van der Waals surface area contributed by atoms with Crippen LogP contribution in [-0.2, 0) is 21.2 Å². The number of sulfonamides is 1. The zero-order valence-corrected chi connectivity index (χ0v) is 19.9. The summed E-state index contributed by atoms with van der Waals surface area (Å²) in [6.07, 6.45) is 0.425. The Balaban J connectivity index is 1.40. The van der Waals surface area contributed by atoms with E-state index in [1.54, 1.807) is 42.5 Å². The molecule has 0 unspecified atom stereocenters. The minimum absolute atomic E-state index is 0.0861. The number of aryl methyl sites for hydroxylation is 2. The maximum Gasteiger partial charge on any atom is 0.251 e. The summed E-state index contributed by atoms with van der Waals surface area (Å²) in [5, 5.41) is 14.1. The number of nitrogens with zero attached hydrogens (tertiary/aromatic N) is 2. The van der Waals surface area contributed by atoms with Crippen LogP contribution in [0.25, 0.3) is 0 Å². The lowest BCUT2D eigenvalue weighted by Crippen LogP contribution is -2.27. The number of nitrogens with one attached hydrogen (secondary N) is 3. The van der Waals surface area contributed by atoms with Crippen molar-refractivity contribution < 1.29 is 18.0 Å². The van der Waals surface area contributed by atoms with Crippen molar-refractivity contribution in [2.75, 3.05) is 18.4 Å². The first kappa shape index (κ1) is 24.5. The molecule has 0 aliphatic carbocycles. The van der Waals surface area contributed by atoms with Gasteiger partial charge in [-0.25, -0.2) is 13.1 Å². The van der Waals surface area contributed by atoms with Crippen LogP contribution in [0.5, 0.6) is 0 Å². The number of hydrogen-bond donors (Lipinski definition) is 3. The van der Waals surface area contributed by atoms with E-state index in [-0.39, 0.29) is 36.2 Å². The van der Waals surface area contributed by atoms with Crippen LogP contribution in [0.15, 0.2) is 53.4 Å². The van der Waals surface area contributed by atoms with Crippen molar-refractivity contribution in [2.45, 2.75) is 31.6 Å². The van der Waals surface area contributed by atoms with Gasteiger partial charge in [-0.15, -0.1) is 10.2 Å². The summed E-state index contributed by atoms with van der Waals surface area (Å²) in [6.45, 7) is 4.13. The smallest absolute Gasteiger partial charge is 0.251 e. The summed E-state index contributed by atoms with van der Waals surface area (Å²) in [7, 11) is -3.60. The molecular formula is C22H25N5O4S2. The van der Waals surface area contributed by atoms with Gasteiger partial charge in [0.25, 0.3) is 5.91 Å². The van der Waals surface area contributed by atoms with Gasteiger partial charge in [0.1, 0.15) is 5.01 Å². The first-order valence-electron chi connectivity index (χ1n) is 10.3. The van der Waals surface area contributed by atoms with Gasteiger partial charge in [-0.3, -0.25) is 9.59 Å². The average molecular weight is 488 g/mol. The normalized spacial score (nSPS) is 11.2. The number of hydrogen-bond acceptors (Lipinski definition) is 7. The number of amides is 2. The van der Waals surface area contributed by atoms with Gasteiger partial charge in [0.2, 0.25) is 21.1 Å². The second-order valence-corrected chi connectivity index (χ2v) is 10.2. The highest BCUT2D eigenvalue weighted by Crippen LogP contribution is 2.16. The van der Waals surface area contributed by atoms with Crippen LogP contribution in [0.3, 0.4) is 0 Å². The SMILES string of the molecule is Cc1ccc(S(=O)(=O)NCCc2nnc(NC(=O)CCNC(=O)c3cccc(C)c3)s2)cc1. The maximum absolute atomic E-state index is 12.3. The van der Waals surface area contributed by atoms with E-state index < -0.39 is 10.0 Å². The Morgan fingerprint density at radius 1 is 0.970 bits per heavy atom. The van der Waals surface area contributed by atoms with Gasteiger partial charge in [-0.05, 0) is 38.1 Å². The standard InChI is InChI=1S/C22H25N5O4S2/c1-15-6-8-18(9-7-15)33(30,31)24-13-11-20-26-27-22(32-20)25-19(28)10-12-23-21(29)17-5-3-4-16(2)14-17/h3-9,14,24H,10-13H2,1-2H3,(H,23,29)(H,25,27,28). The summed E-state index contributed by atoms with van der Waals surface area (Å²) in [4.78, 5) is 24.4. The van der Waals surface area contributed by atoms with Crippen LogP contribution >= 0.6 is 11.3 Å². The second-order valence-electron chi connectivity index (χ2n) is 7.39. The molecule has 11 heteroatoms. The number of benzene rings is 2. The Morgan fingerprint density at radius 3 is 2.45 bits per heavy atom. The topological polar surface area (TPSA) is 130 Å². The van der Waals surface area contributed by atoms with Crippen LogP contribution in [-0.4, -0.2) is 43.5 Å². The largest absolute Gasteiger partial charge is 0.352 e. The van der Waals surface area contributed by atoms with Crippen LogP contribution in [0.4, 0.5) is 5.13 Å². The van der Waals surface area contributed by atoms with E-state index in [0.29, 0.717) is 22.1 Å². The number of carbonyl (C=O) groups excluding carboxylic acids is 2. The number of carbonyl (C=O) groups is 2. The van der Waals surface area contributed by atoms with E-state index in [1.165, 1.54) is 11.3 Å². The fourth-order valence-corrected chi connectivity index (χ4v) is 4.65. The molecule has 3 aromatic rings. The summed E-state index contributed by atoms with van der Waals surface area (Å²) >= 11 is 1.17. The summed E-state index contributed by atoms with van der Waals surface area (Å²) < 4.78 is 27.2. The predicted molar refractivity (Wildman–Crippen MR) is 127 cm³/mol. The van der Waals surface area contributed by atoms with Crippen LogP contribution in [0.2, 0.25) is 0 Å². The molecule has 1 aromatic heterocycles. The minimum atomic E-state index is -3.60. The zero-order chi connectivity index (χ0) is 23.8. The van der Waals surface area contributed by atoms with Crippen molar-refractivity contribution in [3.8, 4) is 0 Å². The summed E-state index contributed by atoms with van der Waals surface area (Å²) in [5.41, 5.74) is 2.50. The Labute approximate surface area is 196 Å². The van der Waals surface area contributed by atoms with Crippen LogP contribution in [0.1, 0.15) is 32.9 Å². The zero-order valence-electron chi connectivity index (χ0n) is 18.3. The van der Waals surface area contributed by atoms with E-state index in [0.717, 1.165) is 11.1 Å². The van der Waals surface area contributed by atoms with E-state index >= 15 is 0 Å². The van der Waals surface area contributed by atoms with Gasteiger partial charge >= 0.3 is 0 Å². The van der Waals surface area contributed by atoms with E-state index in [2.05, 4.69) is 25.6 Å². The lowest BCUT2D eigenvalue weighted by Gasteiger charge is -2.06. The molecule has 0 saturated carbocycles. The third kappa shape index (κ3) is 7.45. The molecule has 33 heavy (non-hydrogen) atoms. The minimum Gasteiger partial charge on any atom is -0.352 e. The lowest BCUT2D eigenvalue weighted by molar-refractivity contribution is -0.116.